The second-order valence-corrected chi connectivity index (χ2v) is 9.69. The molecule has 0 fully saturated rings. The topological polar surface area (TPSA) is 31.0 Å². The molecule has 0 atom stereocenters. The molecule has 178 valence electrons. The summed E-state index contributed by atoms with van der Waals surface area (Å²) >= 11 is 0. The number of fused-ring (bicyclic) bond motifs is 6. The number of benzene rings is 5. The lowest BCUT2D eigenvalue weighted by Gasteiger charge is -2.11. The molecule has 3 heteroatoms. The van der Waals surface area contributed by atoms with Crippen molar-refractivity contribution in [3.8, 4) is 27.9 Å². The van der Waals surface area contributed by atoms with Gasteiger partial charge in [-0.3, -0.25) is 4.98 Å². The van der Waals surface area contributed by atoms with E-state index in [9.17, 15) is 0 Å². The SMILES string of the molecule is c1cc(-c2cccc(-n3c4ccccc4c4cnccc43)c2)cc(-c2ccc3oc4ccccc4c3c2)c1. The molecule has 3 aromatic heterocycles. The van der Waals surface area contributed by atoms with Crippen LogP contribution in [0.1, 0.15) is 0 Å². The van der Waals surface area contributed by atoms with Crippen molar-refractivity contribution in [2.45, 2.75) is 0 Å². The number of aromatic nitrogens is 2. The first-order valence-electron chi connectivity index (χ1n) is 12.8. The van der Waals surface area contributed by atoms with E-state index in [0.29, 0.717) is 0 Å². The molecular weight excluding hydrogens is 464 g/mol. The van der Waals surface area contributed by atoms with Gasteiger partial charge in [-0.1, -0.05) is 72.8 Å². The zero-order valence-electron chi connectivity index (χ0n) is 20.5. The van der Waals surface area contributed by atoms with E-state index in [0.717, 1.165) is 38.5 Å². The summed E-state index contributed by atoms with van der Waals surface area (Å²) < 4.78 is 8.37. The highest BCUT2D eigenvalue weighted by Crippen LogP contribution is 2.35. The number of para-hydroxylation sites is 2. The van der Waals surface area contributed by atoms with Gasteiger partial charge in [0.15, 0.2) is 0 Å². The minimum atomic E-state index is 0.917. The maximum atomic E-state index is 6.04. The van der Waals surface area contributed by atoms with Crippen molar-refractivity contribution in [2.24, 2.45) is 0 Å². The minimum absolute atomic E-state index is 0.917. The van der Waals surface area contributed by atoms with Crippen LogP contribution < -0.4 is 0 Å². The summed E-state index contributed by atoms with van der Waals surface area (Å²) in [6.07, 6.45) is 3.83. The quantitative estimate of drug-likeness (QED) is 0.249. The summed E-state index contributed by atoms with van der Waals surface area (Å²) in [4.78, 5) is 4.39. The van der Waals surface area contributed by atoms with Crippen LogP contribution in [0.15, 0.2) is 138 Å². The van der Waals surface area contributed by atoms with Gasteiger partial charge in [0.25, 0.3) is 0 Å². The van der Waals surface area contributed by atoms with Gasteiger partial charge in [-0.05, 0) is 70.8 Å². The smallest absolute Gasteiger partial charge is 0.135 e. The van der Waals surface area contributed by atoms with E-state index in [4.69, 9.17) is 4.42 Å². The maximum Gasteiger partial charge on any atom is 0.135 e. The number of hydrogen-bond acceptors (Lipinski definition) is 2. The normalized spacial score (nSPS) is 11.7. The molecule has 8 aromatic rings. The van der Waals surface area contributed by atoms with Crippen LogP contribution in [0, 0.1) is 0 Å². The largest absolute Gasteiger partial charge is 0.456 e. The molecule has 0 unspecified atom stereocenters. The van der Waals surface area contributed by atoms with Gasteiger partial charge in [0, 0.05) is 39.6 Å². The summed E-state index contributed by atoms with van der Waals surface area (Å²) in [5, 5.41) is 4.67. The molecule has 5 aromatic carbocycles. The Morgan fingerprint density at radius 2 is 1.16 bits per heavy atom. The van der Waals surface area contributed by atoms with Crippen molar-refractivity contribution in [3.05, 3.63) is 134 Å². The van der Waals surface area contributed by atoms with Crippen LogP contribution in [0.25, 0.3) is 71.7 Å². The Morgan fingerprint density at radius 1 is 0.474 bits per heavy atom. The summed E-state index contributed by atoms with van der Waals surface area (Å²) in [6.45, 7) is 0. The number of nitrogens with zero attached hydrogens (tertiary/aromatic N) is 2. The second kappa shape index (κ2) is 8.19. The Labute approximate surface area is 219 Å². The van der Waals surface area contributed by atoms with Gasteiger partial charge in [0.2, 0.25) is 0 Å². The number of rotatable bonds is 3. The lowest BCUT2D eigenvalue weighted by molar-refractivity contribution is 0.669. The third kappa shape index (κ3) is 3.19. The Hall–Kier alpha value is -5.15. The van der Waals surface area contributed by atoms with Crippen molar-refractivity contribution >= 4 is 43.7 Å². The molecule has 0 saturated carbocycles. The number of furan rings is 1. The summed E-state index contributed by atoms with van der Waals surface area (Å²) in [5.74, 6) is 0. The highest BCUT2D eigenvalue weighted by molar-refractivity contribution is 6.09. The molecule has 3 heterocycles. The highest BCUT2D eigenvalue weighted by atomic mass is 16.3. The van der Waals surface area contributed by atoms with Crippen molar-refractivity contribution in [3.63, 3.8) is 0 Å². The van der Waals surface area contributed by atoms with E-state index < -0.39 is 0 Å². The summed E-state index contributed by atoms with van der Waals surface area (Å²) in [7, 11) is 0. The summed E-state index contributed by atoms with van der Waals surface area (Å²) in [5.41, 5.74) is 10.0. The molecule has 0 saturated heterocycles. The summed E-state index contributed by atoms with van der Waals surface area (Å²) in [6, 6.07) is 42.9. The van der Waals surface area contributed by atoms with E-state index >= 15 is 0 Å². The van der Waals surface area contributed by atoms with Crippen LogP contribution in [-0.4, -0.2) is 9.55 Å². The van der Waals surface area contributed by atoms with E-state index in [1.807, 2.05) is 24.5 Å². The molecule has 0 aliphatic heterocycles. The fourth-order valence-electron chi connectivity index (χ4n) is 5.70. The lowest BCUT2D eigenvalue weighted by atomic mass is 9.97. The Kier molecular flexibility index (Phi) is 4.52. The Bertz CT molecular complexity index is 2090. The molecule has 0 N–H and O–H groups in total. The first-order valence-corrected chi connectivity index (χ1v) is 12.8. The number of hydrogen-bond donors (Lipinski definition) is 0. The van der Waals surface area contributed by atoms with E-state index in [2.05, 4.69) is 119 Å². The Balaban J connectivity index is 1.25. The third-order valence-corrected chi connectivity index (χ3v) is 7.48. The van der Waals surface area contributed by atoms with Gasteiger partial charge in [-0.2, -0.15) is 0 Å². The van der Waals surface area contributed by atoms with Crippen LogP contribution in [0.4, 0.5) is 0 Å². The molecule has 0 spiro atoms. The van der Waals surface area contributed by atoms with Crippen LogP contribution in [0.2, 0.25) is 0 Å². The fourth-order valence-corrected chi connectivity index (χ4v) is 5.70. The maximum absolute atomic E-state index is 6.04. The van der Waals surface area contributed by atoms with Gasteiger partial charge in [-0.25, -0.2) is 0 Å². The van der Waals surface area contributed by atoms with Crippen molar-refractivity contribution in [1.29, 1.82) is 0 Å². The molecule has 8 rings (SSSR count). The van der Waals surface area contributed by atoms with Gasteiger partial charge >= 0.3 is 0 Å². The molecule has 0 radical (unpaired) electrons. The highest BCUT2D eigenvalue weighted by Gasteiger charge is 2.13. The molecule has 3 nitrogen and oxygen atoms in total. The standard InChI is InChI=1S/C35H22N2O/c1-3-13-32-28(11-1)31-22-36-18-17-33(31)37(32)27-10-6-9-25(20-27)23-7-5-8-24(19-23)26-15-16-35-30(21-26)29-12-2-4-14-34(29)38-35/h1-22H. The molecule has 0 bridgehead atoms. The van der Waals surface area contributed by atoms with Crippen molar-refractivity contribution < 1.29 is 4.42 Å². The van der Waals surface area contributed by atoms with Crippen LogP contribution in [0.5, 0.6) is 0 Å². The van der Waals surface area contributed by atoms with E-state index in [1.54, 1.807) is 0 Å². The van der Waals surface area contributed by atoms with Crippen LogP contribution >= 0.6 is 0 Å². The second-order valence-electron chi connectivity index (χ2n) is 9.69. The molecule has 0 amide bonds. The predicted octanol–water partition coefficient (Wildman–Crippen LogP) is 9.41. The first-order chi connectivity index (χ1) is 18.8. The molecule has 0 aliphatic rings. The van der Waals surface area contributed by atoms with Crippen LogP contribution in [-0.2, 0) is 0 Å². The van der Waals surface area contributed by atoms with E-state index in [1.165, 1.54) is 33.2 Å². The first kappa shape index (κ1) is 21.0. The minimum Gasteiger partial charge on any atom is -0.456 e. The average Bonchev–Trinajstić information content (AvgIpc) is 3.53. The zero-order chi connectivity index (χ0) is 25.1. The van der Waals surface area contributed by atoms with Crippen molar-refractivity contribution in [1.82, 2.24) is 9.55 Å². The third-order valence-electron chi connectivity index (χ3n) is 7.48. The Morgan fingerprint density at radius 3 is 2.05 bits per heavy atom. The lowest BCUT2D eigenvalue weighted by Crippen LogP contribution is -1.94. The van der Waals surface area contributed by atoms with Crippen LogP contribution in [0.3, 0.4) is 0 Å². The monoisotopic (exact) mass is 486 g/mol. The zero-order valence-corrected chi connectivity index (χ0v) is 20.5. The van der Waals surface area contributed by atoms with Crippen molar-refractivity contribution in [2.75, 3.05) is 0 Å². The molecular formula is C35H22N2O. The van der Waals surface area contributed by atoms with Gasteiger partial charge < -0.3 is 8.98 Å². The van der Waals surface area contributed by atoms with Gasteiger partial charge in [0.1, 0.15) is 11.2 Å². The fraction of sp³-hybridized carbons (Fsp3) is 0. The predicted molar refractivity (Wildman–Crippen MR) is 157 cm³/mol. The van der Waals surface area contributed by atoms with Gasteiger partial charge in [-0.15, -0.1) is 0 Å². The molecule has 0 aliphatic carbocycles. The molecule has 38 heavy (non-hydrogen) atoms. The number of pyridine rings is 1. The average molecular weight is 487 g/mol. The van der Waals surface area contributed by atoms with Gasteiger partial charge in [0.05, 0.1) is 11.0 Å². The van der Waals surface area contributed by atoms with E-state index in [-0.39, 0.29) is 0 Å².